The molecule has 0 saturated heterocycles. The summed E-state index contributed by atoms with van der Waals surface area (Å²) in [4.78, 5) is 10.2. The van der Waals surface area contributed by atoms with Crippen LogP contribution in [-0.4, -0.2) is 60.0 Å². The first-order valence-electron chi connectivity index (χ1n) is 4.59. The number of carboxylic acid groups (broad SMARTS) is 1. The molecular weight excluding hydrogens is 203 g/mol. The van der Waals surface area contributed by atoms with Crippen molar-refractivity contribution in [3.05, 3.63) is 35.9 Å². The molecular formula is C11H15KO2. The van der Waals surface area contributed by atoms with Gasteiger partial charge in [0.1, 0.15) is 0 Å². The van der Waals surface area contributed by atoms with Gasteiger partial charge in [-0.3, -0.25) is 0 Å². The van der Waals surface area contributed by atoms with E-state index in [4.69, 9.17) is 5.11 Å². The molecule has 1 aromatic carbocycles. The Morgan fingerprint density at radius 2 is 1.57 bits per heavy atom. The van der Waals surface area contributed by atoms with Gasteiger partial charge in [0.25, 0.3) is 0 Å². The second-order valence-corrected chi connectivity index (χ2v) is 9.36. The van der Waals surface area contributed by atoms with Crippen molar-refractivity contribution in [2.75, 3.05) is 0 Å². The summed E-state index contributed by atoms with van der Waals surface area (Å²) < 4.78 is 0.688. The van der Waals surface area contributed by atoms with E-state index in [1.807, 2.05) is 0 Å². The normalized spacial score (nSPS) is 10.1. The average Bonchev–Trinajstić information content (AvgIpc) is 2.03. The van der Waals surface area contributed by atoms with Crippen molar-refractivity contribution in [2.45, 2.75) is 20.3 Å². The van der Waals surface area contributed by atoms with Gasteiger partial charge in [-0.15, -0.1) is 0 Å². The Bertz CT molecular complexity index is 269. The summed E-state index contributed by atoms with van der Waals surface area (Å²) in [5.74, 6) is -0.879. The molecule has 1 N–H and O–H groups in total. The first-order chi connectivity index (χ1) is 6.30. The van der Waals surface area contributed by atoms with Gasteiger partial charge in [0.2, 0.25) is 0 Å². The fourth-order valence-corrected chi connectivity index (χ4v) is 0.581. The zero-order chi connectivity index (χ0) is 11.2. The van der Waals surface area contributed by atoms with E-state index in [0.717, 1.165) is 49.0 Å². The minimum Gasteiger partial charge on any atom is -0.478 e. The zero-order valence-corrected chi connectivity index (χ0v) is 12.4. The molecule has 0 spiro atoms. The summed E-state index contributed by atoms with van der Waals surface area (Å²) in [6.07, 6.45) is 0. The molecule has 1 aromatic rings. The smallest absolute Gasteiger partial charge is 0.335 e. The van der Waals surface area contributed by atoms with Crippen LogP contribution in [-0.2, 0) is 0 Å². The Balaban J connectivity index is 0.000000292. The number of hydrogen-bond donors (Lipinski definition) is 1. The third kappa shape index (κ3) is 10.4. The maximum Gasteiger partial charge on any atom is 0.335 e. The van der Waals surface area contributed by atoms with Crippen LogP contribution in [0.5, 0.6) is 0 Å². The maximum atomic E-state index is 10.2. The van der Waals surface area contributed by atoms with Gasteiger partial charge >= 0.3 is 75.2 Å². The van der Waals surface area contributed by atoms with Gasteiger partial charge in [-0.05, 0) is 12.1 Å². The fourth-order valence-electron chi connectivity index (χ4n) is 0.581. The summed E-state index contributed by atoms with van der Waals surface area (Å²) in [5, 5.41) is 8.38. The molecule has 14 heavy (non-hydrogen) atoms. The molecule has 0 aliphatic heterocycles. The molecule has 0 heterocycles. The van der Waals surface area contributed by atoms with Crippen molar-refractivity contribution >= 4 is 54.9 Å². The van der Waals surface area contributed by atoms with Crippen LogP contribution in [0.3, 0.4) is 0 Å². The molecule has 0 atom stereocenters. The van der Waals surface area contributed by atoms with Crippen molar-refractivity contribution in [3.8, 4) is 0 Å². The predicted octanol–water partition coefficient (Wildman–Crippen LogP) is 2.76. The molecule has 0 saturated carbocycles. The predicted molar refractivity (Wildman–Crippen MR) is 58.9 cm³/mol. The topological polar surface area (TPSA) is 37.3 Å². The van der Waals surface area contributed by atoms with E-state index >= 15 is 0 Å². The summed E-state index contributed by atoms with van der Waals surface area (Å²) in [5.41, 5.74) is 0.331. The molecule has 3 heteroatoms. The van der Waals surface area contributed by atoms with Gasteiger partial charge < -0.3 is 5.11 Å². The van der Waals surface area contributed by atoms with Crippen molar-refractivity contribution in [3.63, 3.8) is 0 Å². The van der Waals surface area contributed by atoms with Crippen LogP contribution < -0.4 is 0 Å². The minimum atomic E-state index is -0.879. The molecule has 0 aliphatic rings. The number of benzene rings is 1. The molecule has 72 valence electrons. The number of carbonyl (C=O) groups is 1. The Morgan fingerprint density at radius 3 is 1.79 bits per heavy atom. The molecule has 0 aromatic heterocycles. The molecule has 0 fully saturated rings. The maximum absolute atomic E-state index is 10.2. The van der Waals surface area contributed by atoms with Crippen LogP contribution in [0.4, 0.5) is 0 Å². The van der Waals surface area contributed by atoms with E-state index in [0.29, 0.717) is 5.07 Å². The number of carboxylic acids is 1. The standard InChI is InChI=1S/C7H6O2.C4H9.K/c8-7(9)6-4-2-1-3-5-6;1-4(2)3;/h1-5H,(H,8,9);1-3H3;. The van der Waals surface area contributed by atoms with E-state index in [-0.39, 0.29) is 0 Å². The second kappa shape index (κ2) is 6.74. The first kappa shape index (κ1) is 14.3. The van der Waals surface area contributed by atoms with E-state index in [2.05, 4.69) is 20.8 Å². The van der Waals surface area contributed by atoms with Gasteiger partial charge in [0.05, 0.1) is 5.56 Å². The molecule has 0 bridgehead atoms. The van der Waals surface area contributed by atoms with Gasteiger partial charge in [0, 0.05) is 0 Å². The van der Waals surface area contributed by atoms with E-state index in [9.17, 15) is 4.79 Å². The Hall–Kier alpha value is 0.326. The number of aromatic carboxylic acids is 1. The molecule has 0 amide bonds. The molecule has 0 unspecified atom stereocenters. The SMILES string of the molecule is C[C](C)(C)[K].O=C(O)c1ccccc1. The summed E-state index contributed by atoms with van der Waals surface area (Å²) in [7, 11) is 0. The number of hydrogen-bond acceptors (Lipinski definition) is 1. The van der Waals surface area contributed by atoms with E-state index in [1.165, 1.54) is 0 Å². The van der Waals surface area contributed by atoms with Crippen molar-refractivity contribution in [2.24, 2.45) is 0 Å². The molecule has 2 nitrogen and oxygen atoms in total. The zero-order valence-electron chi connectivity index (χ0n) is 9.24. The van der Waals surface area contributed by atoms with Crippen molar-refractivity contribution in [1.29, 1.82) is 0 Å². The Labute approximate surface area is 119 Å². The third-order valence-corrected chi connectivity index (χ3v) is 1.02. The summed E-state index contributed by atoms with van der Waals surface area (Å²) in [6, 6.07) is 8.30. The van der Waals surface area contributed by atoms with Crippen molar-refractivity contribution in [1.82, 2.24) is 0 Å². The van der Waals surface area contributed by atoms with Gasteiger partial charge in [-0.2, -0.15) is 0 Å². The van der Waals surface area contributed by atoms with Crippen molar-refractivity contribution < 1.29 is 9.90 Å². The van der Waals surface area contributed by atoms with Crippen LogP contribution in [0, 0.1) is 0 Å². The summed E-state index contributed by atoms with van der Waals surface area (Å²) in [6.45, 7) is 6.81. The minimum absolute atomic E-state index is 0.331. The van der Waals surface area contributed by atoms with E-state index < -0.39 is 5.97 Å². The van der Waals surface area contributed by atoms with Crippen LogP contribution in [0.1, 0.15) is 31.1 Å². The van der Waals surface area contributed by atoms with Gasteiger partial charge in [-0.1, -0.05) is 18.2 Å². The largest absolute Gasteiger partial charge is 0.478 e. The van der Waals surface area contributed by atoms with Crippen LogP contribution >= 0.6 is 0 Å². The van der Waals surface area contributed by atoms with Crippen LogP contribution in [0.15, 0.2) is 30.3 Å². The monoisotopic (exact) mass is 218 g/mol. The quantitative estimate of drug-likeness (QED) is 0.736. The average molecular weight is 218 g/mol. The molecule has 1 rings (SSSR count). The van der Waals surface area contributed by atoms with E-state index in [1.54, 1.807) is 30.3 Å². The second-order valence-electron chi connectivity index (χ2n) is 4.67. The van der Waals surface area contributed by atoms with Crippen LogP contribution in [0.25, 0.3) is 0 Å². The molecule has 0 aliphatic carbocycles. The summed E-state index contributed by atoms with van der Waals surface area (Å²) >= 11 is 1.00. The van der Waals surface area contributed by atoms with Gasteiger partial charge in [0.15, 0.2) is 0 Å². The molecule has 0 radical (unpaired) electrons. The third-order valence-electron chi connectivity index (χ3n) is 1.02. The van der Waals surface area contributed by atoms with Crippen LogP contribution in [0.2, 0.25) is -0.490 Å². The first-order valence-corrected chi connectivity index (χ1v) is 6.15. The Morgan fingerprint density at radius 1 is 1.21 bits per heavy atom. The number of rotatable bonds is 1. The fraction of sp³-hybridized carbons (Fsp3) is 0.364. The Kier molecular flexibility index (Phi) is 6.90. The van der Waals surface area contributed by atoms with Gasteiger partial charge in [-0.25, -0.2) is 4.79 Å².